The number of carboxylic acid groups (broad SMARTS) is 1. The SMILES string of the molecule is C/C=C(\C)C(=O)O[C@H]1[C@H](O)[C@]2(COC(C)=O)[C@H](O)C[C@]3(C)C(=CC[C@@H]4[C@@]5(C)CC[C@H](O[C@@H]6O[C@H](C(=O)O)[C@@H](O[C@@H]7O[C@H](CO)[C@@H](O)[C@H](O)[C@H]7O)[C@H](O)[C@H]6O[C@@H]6O[C@H](CO)[C@@H](O)[C@H](O)[C@H]6O)[C@](C)(CO)[C@@H]5CC[C@]43C)[C@H]2CC1(C)C. The maximum Gasteiger partial charge on any atom is 0.335 e. The van der Waals surface area contributed by atoms with Gasteiger partial charge in [0.1, 0.15) is 86.0 Å². The second-order valence-corrected chi connectivity index (χ2v) is 25.6. The van der Waals surface area contributed by atoms with Gasteiger partial charge in [0.25, 0.3) is 0 Å². The summed E-state index contributed by atoms with van der Waals surface area (Å²) in [5.74, 6) is -3.82. The molecule has 79 heavy (non-hydrogen) atoms. The minimum absolute atomic E-state index is 0.0849. The Morgan fingerprint density at radius 3 is 1.81 bits per heavy atom. The van der Waals surface area contributed by atoms with Crippen LogP contribution in [0.25, 0.3) is 0 Å². The number of hydrogen-bond donors (Lipinski definition) is 13. The van der Waals surface area contributed by atoms with Crippen LogP contribution in [-0.2, 0) is 52.3 Å². The van der Waals surface area contributed by atoms with Gasteiger partial charge in [0.05, 0.1) is 37.4 Å². The molecule has 0 amide bonds. The molecule has 8 aliphatic rings. The smallest absolute Gasteiger partial charge is 0.335 e. The van der Waals surface area contributed by atoms with Gasteiger partial charge in [-0.3, -0.25) is 4.79 Å². The summed E-state index contributed by atoms with van der Waals surface area (Å²) < 4.78 is 47.7. The molecular formula is C55H86O24. The van der Waals surface area contributed by atoms with Crippen LogP contribution >= 0.6 is 0 Å². The molecule has 450 valence electrons. The van der Waals surface area contributed by atoms with Crippen molar-refractivity contribution in [1.29, 1.82) is 0 Å². The van der Waals surface area contributed by atoms with Crippen LogP contribution in [0, 0.1) is 50.2 Å². The number of hydrogen-bond acceptors (Lipinski definition) is 23. The van der Waals surface area contributed by atoms with Crippen LogP contribution in [0.3, 0.4) is 0 Å². The predicted octanol–water partition coefficient (Wildman–Crippen LogP) is -1.32. The van der Waals surface area contributed by atoms with Crippen LogP contribution < -0.4 is 0 Å². The fraction of sp³-hybridized carbons (Fsp3) is 0.873. The highest BCUT2D eigenvalue weighted by Crippen LogP contribution is 2.76. The lowest BCUT2D eigenvalue weighted by Crippen LogP contribution is -2.72. The first-order valence-corrected chi connectivity index (χ1v) is 27.7. The fourth-order valence-electron chi connectivity index (χ4n) is 16.1. The summed E-state index contributed by atoms with van der Waals surface area (Å²) in [7, 11) is 0. The van der Waals surface area contributed by atoms with Crippen molar-refractivity contribution < 1.29 is 119 Å². The van der Waals surface area contributed by atoms with Crippen molar-refractivity contribution in [2.45, 2.75) is 224 Å². The number of rotatable bonds is 14. The Morgan fingerprint density at radius 2 is 1.28 bits per heavy atom. The second-order valence-electron chi connectivity index (χ2n) is 25.6. The number of aliphatic hydroxyl groups excluding tert-OH is 12. The molecular weight excluding hydrogens is 1040 g/mol. The molecule has 0 spiro atoms. The molecule has 7 fully saturated rings. The molecule has 24 heteroatoms. The van der Waals surface area contributed by atoms with E-state index in [0.29, 0.717) is 37.7 Å². The van der Waals surface area contributed by atoms with Gasteiger partial charge in [-0.15, -0.1) is 0 Å². The first-order chi connectivity index (χ1) is 36.9. The summed E-state index contributed by atoms with van der Waals surface area (Å²) in [4.78, 5) is 39.0. The van der Waals surface area contributed by atoms with Crippen LogP contribution in [0.5, 0.6) is 0 Å². The summed E-state index contributed by atoms with van der Waals surface area (Å²) in [5.41, 5.74) is -3.78. The third-order valence-electron chi connectivity index (χ3n) is 21.0. The molecule has 3 heterocycles. The van der Waals surface area contributed by atoms with E-state index in [9.17, 15) is 80.8 Å². The van der Waals surface area contributed by atoms with Gasteiger partial charge in [-0.05, 0) is 92.8 Å². The monoisotopic (exact) mass is 1130 g/mol. The first-order valence-electron chi connectivity index (χ1n) is 27.7. The van der Waals surface area contributed by atoms with Gasteiger partial charge < -0.3 is 104 Å². The average Bonchev–Trinajstić information content (AvgIpc) is 3.39. The lowest BCUT2D eigenvalue weighted by molar-refractivity contribution is -0.392. The molecule has 0 aromatic rings. The Labute approximate surface area is 459 Å². The zero-order valence-corrected chi connectivity index (χ0v) is 46.4. The average molecular weight is 1130 g/mol. The van der Waals surface area contributed by atoms with Crippen molar-refractivity contribution in [2.24, 2.45) is 50.2 Å². The third kappa shape index (κ3) is 10.0. The number of carbonyl (C=O) groups is 3. The van der Waals surface area contributed by atoms with Crippen LogP contribution in [0.15, 0.2) is 23.3 Å². The minimum Gasteiger partial charge on any atom is -0.479 e. The van der Waals surface area contributed by atoms with Crippen LogP contribution in [0.4, 0.5) is 0 Å². The van der Waals surface area contributed by atoms with Gasteiger partial charge in [0.15, 0.2) is 25.0 Å². The van der Waals surface area contributed by atoms with E-state index in [2.05, 4.69) is 26.8 Å². The standard InChI is InChI=1S/C55H86O24/c1-10-23(2)46(71)79-44-43(68)55(22-72-24(3)59)26(17-50(44,4)5)25-11-12-30-51(6)15-14-32(52(7,21-58)29(51)13-16-53(30,8)54(25,9)18-31(55)60)75-49-41(77-48-38(66)36(64)34(62)28(20-57)74-48)39(67)40(42(78-49)45(69)70)76-47-37(65)35(63)33(61)27(19-56)73-47/h10-11,26-44,47-49,56-58,60-68H,12-22H2,1-9H3,(H,69,70)/b23-10+/t26-,27-,28-,29-,30-,31-,32+,33-,34-,35+,36+,37-,38-,39+,40+,41-,42+,43+,44+,47+,48+,49-,51+,52-,53-,54-,55+/m1/s1. The van der Waals surface area contributed by atoms with E-state index in [4.69, 9.17) is 37.9 Å². The van der Waals surface area contributed by atoms with Gasteiger partial charge in [0.2, 0.25) is 0 Å². The highest BCUT2D eigenvalue weighted by molar-refractivity contribution is 5.87. The van der Waals surface area contributed by atoms with E-state index in [1.807, 2.05) is 20.8 Å². The number of aliphatic carboxylic acids is 1. The van der Waals surface area contributed by atoms with E-state index in [1.54, 1.807) is 19.9 Å². The molecule has 0 bridgehead atoms. The molecule has 4 saturated carbocycles. The lowest BCUT2D eigenvalue weighted by Gasteiger charge is -2.72. The van der Waals surface area contributed by atoms with E-state index in [-0.39, 0.29) is 31.3 Å². The van der Waals surface area contributed by atoms with E-state index < -0.39 is 193 Å². The molecule has 0 unspecified atom stereocenters. The quantitative estimate of drug-likeness (QED) is 0.0415. The summed E-state index contributed by atoms with van der Waals surface area (Å²) in [6.45, 7) is 14.3. The van der Waals surface area contributed by atoms with Crippen LogP contribution in [0.2, 0.25) is 0 Å². The van der Waals surface area contributed by atoms with Crippen molar-refractivity contribution >= 4 is 17.9 Å². The predicted molar refractivity (Wildman–Crippen MR) is 269 cm³/mol. The molecule has 0 aromatic heterocycles. The van der Waals surface area contributed by atoms with Crippen molar-refractivity contribution in [1.82, 2.24) is 0 Å². The topological polar surface area (TPSA) is 388 Å². The van der Waals surface area contributed by atoms with Gasteiger partial charge in [0, 0.05) is 23.3 Å². The van der Waals surface area contributed by atoms with Gasteiger partial charge in [-0.25, -0.2) is 9.59 Å². The van der Waals surface area contributed by atoms with E-state index >= 15 is 0 Å². The summed E-state index contributed by atoms with van der Waals surface area (Å²) in [5, 5.41) is 144. The number of fused-ring (bicyclic) bond motifs is 7. The fourth-order valence-corrected chi connectivity index (χ4v) is 16.1. The molecule has 0 radical (unpaired) electrons. The highest BCUT2D eigenvalue weighted by atomic mass is 16.8. The Kier molecular flexibility index (Phi) is 17.8. The van der Waals surface area contributed by atoms with Crippen molar-refractivity contribution in [3.05, 3.63) is 23.3 Å². The van der Waals surface area contributed by atoms with E-state index in [1.165, 1.54) is 6.92 Å². The molecule has 5 aliphatic carbocycles. The summed E-state index contributed by atoms with van der Waals surface area (Å²) >= 11 is 0. The molecule has 8 rings (SSSR count). The van der Waals surface area contributed by atoms with E-state index in [0.717, 1.165) is 5.57 Å². The number of carboxylic acids is 1. The zero-order valence-electron chi connectivity index (χ0n) is 46.4. The zero-order chi connectivity index (χ0) is 58.4. The summed E-state index contributed by atoms with van der Waals surface area (Å²) in [6, 6.07) is 0. The number of esters is 2. The first kappa shape index (κ1) is 62.2. The third-order valence-corrected chi connectivity index (χ3v) is 21.0. The van der Waals surface area contributed by atoms with Crippen molar-refractivity contribution in [3.63, 3.8) is 0 Å². The minimum atomic E-state index is -2.18. The number of allylic oxidation sites excluding steroid dienone is 3. The lowest BCUT2D eigenvalue weighted by atomic mass is 9.33. The molecule has 27 atom stereocenters. The molecule has 13 N–H and O–H groups in total. The Morgan fingerprint density at radius 1 is 0.696 bits per heavy atom. The van der Waals surface area contributed by atoms with Crippen molar-refractivity contribution in [2.75, 3.05) is 26.4 Å². The van der Waals surface area contributed by atoms with Crippen molar-refractivity contribution in [3.8, 4) is 0 Å². The maximum absolute atomic E-state index is 13.3. The molecule has 3 saturated heterocycles. The van der Waals surface area contributed by atoms with Gasteiger partial charge in [-0.1, -0.05) is 59.3 Å². The van der Waals surface area contributed by atoms with Gasteiger partial charge >= 0.3 is 17.9 Å². The normalized spacial score (nSPS) is 50.6. The second kappa shape index (κ2) is 22.6. The largest absolute Gasteiger partial charge is 0.479 e. The van der Waals surface area contributed by atoms with Gasteiger partial charge in [-0.2, -0.15) is 0 Å². The highest BCUT2D eigenvalue weighted by Gasteiger charge is 2.74. The molecule has 3 aliphatic heterocycles. The number of carbonyl (C=O) groups excluding carboxylic acids is 2. The Hall–Kier alpha value is -2.83. The molecule has 0 aromatic carbocycles. The van der Waals surface area contributed by atoms with Crippen LogP contribution in [-0.4, -0.2) is 227 Å². The Balaban J connectivity index is 1.11. The number of ether oxygens (including phenoxy) is 8. The van der Waals surface area contributed by atoms with Crippen LogP contribution in [0.1, 0.15) is 107 Å². The maximum atomic E-state index is 13.3. The number of aliphatic hydroxyl groups is 12. The Bertz CT molecular complexity index is 2290. The summed E-state index contributed by atoms with van der Waals surface area (Å²) in [6.07, 6.45) is -26.8. The molecule has 24 nitrogen and oxygen atoms in total.